The van der Waals surface area contributed by atoms with Gasteiger partial charge in [-0.3, -0.25) is 9.69 Å². The lowest BCUT2D eigenvalue weighted by atomic mass is 9.97. The highest BCUT2D eigenvalue weighted by Gasteiger charge is 2.35. The molecule has 34 heavy (non-hydrogen) atoms. The molecule has 3 aromatic carbocycles. The summed E-state index contributed by atoms with van der Waals surface area (Å²) in [4.78, 5) is 15.8. The first kappa shape index (κ1) is 22.2. The molecule has 174 valence electrons. The second-order valence-corrected chi connectivity index (χ2v) is 8.71. The van der Waals surface area contributed by atoms with E-state index in [9.17, 15) is 4.79 Å². The van der Waals surface area contributed by atoms with Gasteiger partial charge in [0.25, 0.3) is 5.91 Å². The maximum Gasteiger partial charge on any atom is 0.257 e. The zero-order valence-electron chi connectivity index (χ0n) is 19.6. The predicted octanol–water partition coefficient (Wildman–Crippen LogP) is 4.44. The monoisotopic (exact) mass is 455 g/mol. The quantitative estimate of drug-likeness (QED) is 0.552. The van der Waals surface area contributed by atoms with Crippen LogP contribution in [0.1, 0.15) is 34.7 Å². The number of methoxy groups -OCH3 is 2. The average molecular weight is 456 g/mol. The number of hydrogen-bond donors (Lipinski definition) is 0. The maximum absolute atomic E-state index is 13.6. The van der Waals surface area contributed by atoms with Gasteiger partial charge < -0.3 is 9.47 Å². The third-order valence-corrected chi connectivity index (χ3v) is 6.64. The number of ether oxygens (including phenoxy) is 2. The Morgan fingerprint density at radius 1 is 0.971 bits per heavy atom. The Bertz CT molecular complexity index is 1210. The molecule has 0 aromatic heterocycles. The number of amides is 1. The van der Waals surface area contributed by atoms with Crippen LogP contribution in [0.15, 0.2) is 77.9 Å². The second-order valence-electron chi connectivity index (χ2n) is 8.71. The molecule has 0 fully saturated rings. The van der Waals surface area contributed by atoms with Gasteiger partial charge in [0.1, 0.15) is 11.5 Å². The van der Waals surface area contributed by atoms with Gasteiger partial charge in [0, 0.05) is 31.1 Å². The molecule has 0 radical (unpaired) electrons. The van der Waals surface area contributed by atoms with Crippen LogP contribution >= 0.6 is 0 Å². The molecule has 0 saturated heterocycles. The number of hydrazone groups is 1. The molecule has 1 amide bonds. The van der Waals surface area contributed by atoms with Crippen molar-refractivity contribution < 1.29 is 14.3 Å². The summed E-state index contributed by atoms with van der Waals surface area (Å²) < 4.78 is 11.0. The highest BCUT2D eigenvalue weighted by atomic mass is 16.5. The largest absolute Gasteiger partial charge is 0.497 e. The minimum Gasteiger partial charge on any atom is -0.497 e. The van der Waals surface area contributed by atoms with E-state index in [1.807, 2.05) is 36.4 Å². The van der Waals surface area contributed by atoms with E-state index in [-0.39, 0.29) is 11.9 Å². The fraction of sp³-hybridized carbons (Fsp3) is 0.286. The number of carbonyl (C=O) groups is 1. The Morgan fingerprint density at radius 2 is 1.74 bits per heavy atom. The first-order valence-corrected chi connectivity index (χ1v) is 11.6. The molecule has 3 aromatic rings. The molecule has 2 aliphatic rings. The summed E-state index contributed by atoms with van der Waals surface area (Å²) in [6.45, 7) is 2.00. The molecule has 2 heterocycles. The number of rotatable bonds is 6. The van der Waals surface area contributed by atoms with E-state index in [4.69, 9.17) is 14.6 Å². The van der Waals surface area contributed by atoms with Crippen LogP contribution in [0.3, 0.4) is 0 Å². The first-order chi connectivity index (χ1) is 16.7. The van der Waals surface area contributed by atoms with E-state index in [0.717, 1.165) is 42.1 Å². The summed E-state index contributed by atoms with van der Waals surface area (Å²) in [6, 6.07) is 24.2. The van der Waals surface area contributed by atoms with Crippen molar-refractivity contribution in [2.45, 2.75) is 25.4 Å². The summed E-state index contributed by atoms with van der Waals surface area (Å²) in [5.41, 5.74) is 5.47. The minimum absolute atomic E-state index is 0.00992. The smallest absolute Gasteiger partial charge is 0.257 e. The zero-order chi connectivity index (χ0) is 23.5. The summed E-state index contributed by atoms with van der Waals surface area (Å²) in [6.07, 6.45) is 1.59. The van der Waals surface area contributed by atoms with Crippen molar-refractivity contribution in [1.82, 2.24) is 9.91 Å². The third-order valence-electron chi connectivity index (χ3n) is 6.64. The molecule has 6 heteroatoms. The standard InChI is InChI=1S/C28H29N3O3/c1-33-23-12-13-24(27(16-23)34-2)25-17-26(21-9-4-3-5-10-21)31(29-25)28(32)19-30-15-14-20-8-6-7-11-22(20)18-30/h3-13,16,26H,14-15,17-19H2,1-2H3. The maximum atomic E-state index is 13.6. The van der Waals surface area contributed by atoms with E-state index < -0.39 is 0 Å². The summed E-state index contributed by atoms with van der Waals surface area (Å²) in [5.74, 6) is 1.42. The van der Waals surface area contributed by atoms with Crippen LogP contribution < -0.4 is 9.47 Å². The average Bonchev–Trinajstić information content (AvgIpc) is 3.34. The number of hydrogen-bond acceptors (Lipinski definition) is 5. The van der Waals surface area contributed by atoms with Gasteiger partial charge in [-0.1, -0.05) is 54.6 Å². The van der Waals surface area contributed by atoms with E-state index in [1.165, 1.54) is 11.1 Å². The lowest BCUT2D eigenvalue weighted by Crippen LogP contribution is -2.40. The van der Waals surface area contributed by atoms with Crippen molar-refractivity contribution in [3.8, 4) is 11.5 Å². The number of nitrogens with zero attached hydrogens (tertiary/aromatic N) is 3. The van der Waals surface area contributed by atoms with Crippen molar-refractivity contribution >= 4 is 11.6 Å². The van der Waals surface area contributed by atoms with Crippen LogP contribution in [0.4, 0.5) is 0 Å². The van der Waals surface area contributed by atoms with Gasteiger partial charge in [0.2, 0.25) is 0 Å². The van der Waals surface area contributed by atoms with Crippen LogP contribution in [-0.2, 0) is 17.8 Å². The van der Waals surface area contributed by atoms with Crippen molar-refractivity contribution in [3.63, 3.8) is 0 Å². The van der Waals surface area contributed by atoms with Crippen LogP contribution in [0.2, 0.25) is 0 Å². The van der Waals surface area contributed by atoms with Gasteiger partial charge in [0.15, 0.2) is 0 Å². The fourth-order valence-corrected chi connectivity index (χ4v) is 4.83. The van der Waals surface area contributed by atoms with Gasteiger partial charge >= 0.3 is 0 Å². The van der Waals surface area contributed by atoms with Gasteiger partial charge in [0.05, 0.1) is 32.5 Å². The molecule has 2 aliphatic heterocycles. The molecule has 6 nitrogen and oxygen atoms in total. The lowest BCUT2D eigenvalue weighted by molar-refractivity contribution is -0.134. The highest BCUT2D eigenvalue weighted by Crippen LogP contribution is 2.36. The Balaban J connectivity index is 1.42. The fourth-order valence-electron chi connectivity index (χ4n) is 4.83. The van der Waals surface area contributed by atoms with E-state index in [2.05, 4.69) is 41.3 Å². The normalized spacial score (nSPS) is 17.8. The van der Waals surface area contributed by atoms with Crippen LogP contribution in [-0.4, -0.2) is 48.8 Å². The molecule has 0 N–H and O–H groups in total. The molecule has 0 bridgehead atoms. The lowest BCUT2D eigenvalue weighted by Gasteiger charge is -2.30. The van der Waals surface area contributed by atoms with Gasteiger partial charge in [-0.05, 0) is 35.2 Å². The molecule has 0 spiro atoms. The molecule has 0 aliphatic carbocycles. The predicted molar refractivity (Wildman–Crippen MR) is 132 cm³/mol. The Kier molecular flexibility index (Phi) is 6.32. The number of fused-ring (bicyclic) bond motifs is 1. The second kappa shape index (κ2) is 9.69. The topological polar surface area (TPSA) is 54.4 Å². The molecule has 1 unspecified atom stereocenters. The van der Waals surface area contributed by atoms with Gasteiger partial charge in [-0.2, -0.15) is 5.10 Å². The molecule has 1 atom stereocenters. The Morgan fingerprint density at radius 3 is 2.50 bits per heavy atom. The first-order valence-electron chi connectivity index (χ1n) is 11.6. The number of carbonyl (C=O) groups excluding carboxylic acids is 1. The molecule has 0 saturated carbocycles. The van der Waals surface area contributed by atoms with Crippen LogP contribution in [0.5, 0.6) is 11.5 Å². The van der Waals surface area contributed by atoms with Gasteiger partial charge in [-0.25, -0.2) is 5.01 Å². The summed E-state index contributed by atoms with van der Waals surface area (Å²) in [5, 5.41) is 6.52. The zero-order valence-corrected chi connectivity index (χ0v) is 19.6. The molecular weight excluding hydrogens is 426 g/mol. The van der Waals surface area contributed by atoms with Crippen molar-refractivity contribution in [1.29, 1.82) is 0 Å². The van der Waals surface area contributed by atoms with E-state index >= 15 is 0 Å². The Labute approximate surface area is 200 Å². The summed E-state index contributed by atoms with van der Waals surface area (Å²) in [7, 11) is 3.27. The minimum atomic E-state index is -0.146. The third kappa shape index (κ3) is 4.41. The van der Waals surface area contributed by atoms with Crippen LogP contribution in [0.25, 0.3) is 0 Å². The van der Waals surface area contributed by atoms with E-state index in [1.54, 1.807) is 19.2 Å². The van der Waals surface area contributed by atoms with Crippen molar-refractivity contribution in [3.05, 3.63) is 95.1 Å². The SMILES string of the molecule is COc1ccc(C2=NN(C(=O)CN3CCc4ccccc4C3)C(c3ccccc3)C2)c(OC)c1. The van der Waals surface area contributed by atoms with Crippen molar-refractivity contribution in [2.75, 3.05) is 27.3 Å². The molecular formula is C28H29N3O3. The van der Waals surface area contributed by atoms with Gasteiger partial charge in [-0.15, -0.1) is 0 Å². The summed E-state index contributed by atoms with van der Waals surface area (Å²) >= 11 is 0. The number of benzene rings is 3. The Hall–Kier alpha value is -3.64. The van der Waals surface area contributed by atoms with Crippen LogP contribution in [0, 0.1) is 0 Å². The highest BCUT2D eigenvalue weighted by molar-refractivity contribution is 6.05. The van der Waals surface area contributed by atoms with Crippen molar-refractivity contribution in [2.24, 2.45) is 5.10 Å². The van der Waals surface area contributed by atoms with E-state index in [0.29, 0.717) is 18.7 Å². The molecule has 5 rings (SSSR count).